The number of nitrogens with one attached hydrogen (secondary N) is 1. The molecule has 0 unspecified atom stereocenters. The molecule has 0 atom stereocenters. The van der Waals surface area contributed by atoms with Crippen molar-refractivity contribution in [3.63, 3.8) is 0 Å². The zero-order valence-electron chi connectivity index (χ0n) is 10.8. The van der Waals surface area contributed by atoms with E-state index in [0.29, 0.717) is 0 Å². The summed E-state index contributed by atoms with van der Waals surface area (Å²) in [5, 5.41) is 0. The fourth-order valence-corrected chi connectivity index (χ4v) is 2.42. The number of nitrogen functional groups attached to an aromatic ring is 1. The predicted molar refractivity (Wildman–Crippen MR) is 72.8 cm³/mol. The van der Waals surface area contributed by atoms with Gasteiger partial charge in [-0.2, -0.15) is 0 Å². The van der Waals surface area contributed by atoms with Crippen molar-refractivity contribution in [2.24, 2.45) is 17.7 Å². The summed E-state index contributed by atoms with van der Waals surface area (Å²) in [6, 6.07) is 3.95. The molecule has 2 saturated carbocycles. The summed E-state index contributed by atoms with van der Waals surface area (Å²) >= 11 is 0. The van der Waals surface area contributed by atoms with Gasteiger partial charge >= 0.3 is 0 Å². The molecule has 4 heteroatoms. The van der Waals surface area contributed by atoms with Crippen LogP contribution in [0, 0.1) is 11.8 Å². The van der Waals surface area contributed by atoms with E-state index in [0.717, 1.165) is 29.8 Å². The van der Waals surface area contributed by atoms with Gasteiger partial charge in [-0.25, -0.2) is 0 Å². The lowest BCUT2D eigenvalue weighted by Crippen LogP contribution is -2.28. The van der Waals surface area contributed by atoms with Gasteiger partial charge in [0.15, 0.2) is 0 Å². The molecule has 0 amide bonds. The summed E-state index contributed by atoms with van der Waals surface area (Å²) in [7, 11) is 0. The summed E-state index contributed by atoms with van der Waals surface area (Å²) in [5.74, 6) is 7.33. The minimum absolute atomic E-state index is 0.942. The molecule has 18 heavy (non-hydrogen) atoms. The highest BCUT2D eigenvalue weighted by Gasteiger charge is 2.29. The molecule has 3 rings (SSSR count). The average molecular weight is 246 g/mol. The molecule has 98 valence electrons. The lowest BCUT2D eigenvalue weighted by atomic mass is 10.2. The molecular weight excluding hydrogens is 224 g/mol. The van der Waals surface area contributed by atoms with E-state index in [-0.39, 0.29) is 0 Å². The number of anilines is 1. The average Bonchev–Trinajstić information content (AvgIpc) is 3.25. The number of aromatic nitrogens is 1. The van der Waals surface area contributed by atoms with Gasteiger partial charge in [-0.1, -0.05) is 0 Å². The Balaban J connectivity index is 1.61. The Hall–Kier alpha value is -1.13. The van der Waals surface area contributed by atoms with Crippen LogP contribution in [0.25, 0.3) is 0 Å². The third kappa shape index (κ3) is 3.43. The standard InChI is InChI=1S/C14H22N4/c15-17-13-5-6-16-14(7-13)10-18(8-11-1-2-11)9-12-3-4-12/h5-7,11-12H,1-4,8-10,15H2,(H,16,17). The van der Waals surface area contributed by atoms with Crippen molar-refractivity contribution in [3.8, 4) is 0 Å². The molecular formula is C14H22N4. The monoisotopic (exact) mass is 246 g/mol. The van der Waals surface area contributed by atoms with Gasteiger partial charge in [0, 0.05) is 25.8 Å². The Bertz CT molecular complexity index is 385. The van der Waals surface area contributed by atoms with Crippen LogP contribution in [-0.4, -0.2) is 23.0 Å². The van der Waals surface area contributed by atoms with Gasteiger partial charge in [0.05, 0.1) is 11.4 Å². The third-order valence-electron chi connectivity index (χ3n) is 3.80. The van der Waals surface area contributed by atoms with E-state index in [1.807, 2.05) is 18.3 Å². The molecule has 0 aliphatic heterocycles. The van der Waals surface area contributed by atoms with Crippen LogP contribution in [0.1, 0.15) is 31.4 Å². The van der Waals surface area contributed by atoms with Crippen molar-refractivity contribution in [1.82, 2.24) is 9.88 Å². The number of nitrogens with two attached hydrogens (primary N) is 1. The Morgan fingerprint density at radius 3 is 2.44 bits per heavy atom. The van der Waals surface area contributed by atoms with Crippen LogP contribution in [0.3, 0.4) is 0 Å². The number of pyridine rings is 1. The van der Waals surface area contributed by atoms with E-state index in [1.165, 1.54) is 38.8 Å². The highest BCUT2D eigenvalue weighted by atomic mass is 15.2. The molecule has 1 aromatic rings. The first kappa shape index (κ1) is 11.9. The summed E-state index contributed by atoms with van der Waals surface area (Å²) in [4.78, 5) is 7.03. The molecule has 0 bridgehead atoms. The van der Waals surface area contributed by atoms with Crippen LogP contribution >= 0.6 is 0 Å². The first-order chi connectivity index (χ1) is 8.83. The Morgan fingerprint density at radius 1 is 1.22 bits per heavy atom. The molecule has 1 heterocycles. The van der Waals surface area contributed by atoms with Crippen LogP contribution < -0.4 is 11.3 Å². The Labute approximate surface area is 109 Å². The van der Waals surface area contributed by atoms with E-state index in [4.69, 9.17) is 5.84 Å². The quantitative estimate of drug-likeness (QED) is 0.570. The minimum Gasteiger partial charge on any atom is -0.324 e. The van der Waals surface area contributed by atoms with Crippen LogP contribution in [-0.2, 0) is 6.54 Å². The summed E-state index contributed by atoms with van der Waals surface area (Å²) in [5.41, 5.74) is 4.75. The van der Waals surface area contributed by atoms with E-state index in [2.05, 4.69) is 15.3 Å². The van der Waals surface area contributed by atoms with Gasteiger partial charge in [-0.15, -0.1) is 0 Å². The van der Waals surface area contributed by atoms with Crippen LogP contribution in [0.5, 0.6) is 0 Å². The Kier molecular flexibility index (Phi) is 3.48. The fourth-order valence-electron chi connectivity index (χ4n) is 2.42. The first-order valence-electron chi connectivity index (χ1n) is 6.97. The lowest BCUT2D eigenvalue weighted by Gasteiger charge is -2.21. The van der Waals surface area contributed by atoms with Gasteiger partial charge in [0.25, 0.3) is 0 Å². The fraction of sp³-hybridized carbons (Fsp3) is 0.643. The van der Waals surface area contributed by atoms with Crippen molar-refractivity contribution < 1.29 is 0 Å². The predicted octanol–water partition coefficient (Wildman–Crippen LogP) is 1.99. The van der Waals surface area contributed by atoms with Gasteiger partial charge in [-0.3, -0.25) is 15.7 Å². The van der Waals surface area contributed by atoms with Crippen molar-refractivity contribution in [3.05, 3.63) is 24.0 Å². The molecule has 0 radical (unpaired) electrons. The highest BCUT2D eigenvalue weighted by molar-refractivity contribution is 5.41. The molecule has 0 spiro atoms. The number of hydrogen-bond acceptors (Lipinski definition) is 4. The number of hydrazine groups is 1. The van der Waals surface area contributed by atoms with Crippen molar-refractivity contribution in [1.29, 1.82) is 0 Å². The molecule has 3 N–H and O–H groups in total. The van der Waals surface area contributed by atoms with Crippen molar-refractivity contribution >= 4 is 5.69 Å². The van der Waals surface area contributed by atoms with Gasteiger partial charge < -0.3 is 5.43 Å². The SMILES string of the molecule is NNc1ccnc(CN(CC2CC2)CC2CC2)c1. The molecule has 2 aliphatic carbocycles. The third-order valence-corrected chi connectivity index (χ3v) is 3.80. The van der Waals surface area contributed by atoms with Crippen molar-refractivity contribution in [2.45, 2.75) is 32.2 Å². The molecule has 0 aromatic carbocycles. The maximum atomic E-state index is 5.44. The second-order valence-corrected chi connectivity index (χ2v) is 5.76. The highest BCUT2D eigenvalue weighted by Crippen LogP contribution is 2.34. The summed E-state index contributed by atoms with van der Waals surface area (Å²) in [6.07, 6.45) is 7.49. The van der Waals surface area contributed by atoms with Gasteiger partial charge in [0.2, 0.25) is 0 Å². The molecule has 2 aliphatic rings. The largest absolute Gasteiger partial charge is 0.324 e. The van der Waals surface area contributed by atoms with Crippen LogP contribution in [0.2, 0.25) is 0 Å². The van der Waals surface area contributed by atoms with Crippen LogP contribution in [0.4, 0.5) is 5.69 Å². The smallest absolute Gasteiger partial charge is 0.0564 e. The normalized spacial score (nSPS) is 19.2. The van der Waals surface area contributed by atoms with E-state index in [1.54, 1.807) is 0 Å². The number of rotatable bonds is 7. The van der Waals surface area contributed by atoms with E-state index >= 15 is 0 Å². The van der Waals surface area contributed by atoms with Gasteiger partial charge in [-0.05, 0) is 49.7 Å². The van der Waals surface area contributed by atoms with Gasteiger partial charge in [0.1, 0.15) is 0 Å². The van der Waals surface area contributed by atoms with Crippen molar-refractivity contribution in [2.75, 3.05) is 18.5 Å². The summed E-state index contributed by atoms with van der Waals surface area (Å²) < 4.78 is 0. The lowest BCUT2D eigenvalue weighted by molar-refractivity contribution is 0.241. The second-order valence-electron chi connectivity index (χ2n) is 5.76. The molecule has 2 fully saturated rings. The van der Waals surface area contributed by atoms with E-state index in [9.17, 15) is 0 Å². The van der Waals surface area contributed by atoms with E-state index < -0.39 is 0 Å². The Morgan fingerprint density at radius 2 is 1.89 bits per heavy atom. The number of nitrogens with zero attached hydrogens (tertiary/aromatic N) is 2. The molecule has 4 nitrogen and oxygen atoms in total. The zero-order chi connectivity index (χ0) is 12.4. The number of hydrogen-bond donors (Lipinski definition) is 2. The maximum absolute atomic E-state index is 5.44. The maximum Gasteiger partial charge on any atom is 0.0564 e. The second kappa shape index (κ2) is 5.24. The van der Waals surface area contributed by atoms with Crippen LogP contribution in [0.15, 0.2) is 18.3 Å². The molecule has 1 aromatic heterocycles. The first-order valence-corrected chi connectivity index (χ1v) is 6.97. The summed E-state index contributed by atoms with van der Waals surface area (Å²) in [6.45, 7) is 3.46. The topological polar surface area (TPSA) is 54.2 Å². The zero-order valence-corrected chi connectivity index (χ0v) is 10.8. The molecule has 0 saturated heterocycles. The minimum atomic E-state index is 0.942.